The van der Waals surface area contributed by atoms with Crippen molar-refractivity contribution in [1.29, 1.82) is 0 Å². The molecule has 15 heavy (non-hydrogen) atoms. The highest BCUT2D eigenvalue weighted by atomic mass is 79.9. The molecule has 0 aliphatic rings. The number of anilines is 1. The lowest BCUT2D eigenvalue weighted by Gasteiger charge is -2.27. The molecule has 4 heteroatoms. The molecule has 0 amide bonds. The molecular formula is C11H18BrN3. The fourth-order valence-electron chi connectivity index (χ4n) is 0.954. The van der Waals surface area contributed by atoms with Gasteiger partial charge in [0.2, 0.25) is 5.95 Å². The number of nitrogens with zero attached hydrogens (tertiary/aromatic N) is 2. The first-order valence-corrected chi connectivity index (χ1v) is 5.90. The maximum atomic E-state index is 4.16. The van der Waals surface area contributed by atoms with Crippen LogP contribution in [0.2, 0.25) is 0 Å². The summed E-state index contributed by atoms with van der Waals surface area (Å²) in [7, 11) is 0. The summed E-state index contributed by atoms with van der Waals surface area (Å²) in [4.78, 5) is 8.33. The highest BCUT2D eigenvalue weighted by Gasteiger charge is 2.19. The van der Waals surface area contributed by atoms with E-state index >= 15 is 0 Å². The first-order chi connectivity index (χ1) is 6.89. The van der Waals surface area contributed by atoms with Gasteiger partial charge in [-0.2, -0.15) is 0 Å². The van der Waals surface area contributed by atoms with E-state index in [9.17, 15) is 0 Å². The van der Waals surface area contributed by atoms with Gasteiger partial charge in [-0.05, 0) is 27.3 Å². The van der Waals surface area contributed by atoms with Crippen LogP contribution < -0.4 is 5.32 Å². The van der Waals surface area contributed by atoms with Crippen LogP contribution in [0.25, 0.3) is 0 Å². The van der Waals surface area contributed by atoms with Crippen LogP contribution in [0.5, 0.6) is 0 Å². The molecule has 84 valence electrons. The lowest BCUT2D eigenvalue weighted by atomic mass is 9.82. The third-order valence-electron chi connectivity index (χ3n) is 2.67. The van der Waals surface area contributed by atoms with E-state index in [2.05, 4.69) is 58.9 Å². The second kappa shape index (κ2) is 4.92. The number of nitrogens with one attached hydrogen (secondary N) is 1. The van der Waals surface area contributed by atoms with Gasteiger partial charge >= 0.3 is 0 Å². The van der Waals surface area contributed by atoms with Gasteiger partial charge in [0, 0.05) is 18.9 Å². The number of hydrogen-bond acceptors (Lipinski definition) is 3. The molecule has 0 saturated heterocycles. The van der Waals surface area contributed by atoms with Gasteiger partial charge in [-0.1, -0.05) is 27.7 Å². The number of hydrogen-bond donors (Lipinski definition) is 1. The quantitative estimate of drug-likeness (QED) is 0.917. The van der Waals surface area contributed by atoms with Gasteiger partial charge in [-0.15, -0.1) is 0 Å². The number of halogens is 1. The molecule has 0 aliphatic carbocycles. The first-order valence-electron chi connectivity index (χ1n) is 5.11. The van der Waals surface area contributed by atoms with E-state index in [0.717, 1.165) is 11.0 Å². The van der Waals surface area contributed by atoms with Crippen LogP contribution in [0, 0.1) is 11.3 Å². The minimum absolute atomic E-state index is 0.308. The van der Waals surface area contributed by atoms with Crippen LogP contribution in [0.4, 0.5) is 5.95 Å². The molecule has 1 aromatic rings. The summed E-state index contributed by atoms with van der Waals surface area (Å²) < 4.78 is 0.900. The maximum Gasteiger partial charge on any atom is 0.222 e. The van der Waals surface area contributed by atoms with Crippen molar-refractivity contribution in [2.75, 3.05) is 11.9 Å². The smallest absolute Gasteiger partial charge is 0.222 e. The molecule has 1 unspecified atom stereocenters. The van der Waals surface area contributed by atoms with E-state index in [4.69, 9.17) is 0 Å². The summed E-state index contributed by atoms with van der Waals surface area (Å²) in [5.41, 5.74) is 0.308. The van der Waals surface area contributed by atoms with Gasteiger partial charge in [0.25, 0.3) is 0 Å². The average Bonchev–Trinajstić information content (AvgIpc) is 2.15. The SMILES string of the molecule is CC(CNc1ncc(Br)cn1)C(C)(C)C. The van der Waals surface area contributed by atoms with Gasteiger partial charge in [0.05, 0.1) is 4.47 Å². The second-order valence-corrected chi connectivity index (χ2v) is 5.79. The largest absolute Gasteiger partial charge is 0.354 e. The molecule has 0 fully saturated rings. The molecule has 3 nitrogen and oxygen atoms in total. The van der Waals surface area contributed by atoms with Gasteiger partial charge < -0.3 is 5.32 Å². The van der Waals surface area contributed by atoms with E-state index in [-0.39, 0.29) is 0 Å². The van der Waals surface area contributed by atoms with Crippen molar-refractivity contribution >= 4 is 21.9 Å². The fraction of sp³-hybridized carbons (Fsp3) is 0.636. The van der Waals surface area contributed by atoms with Gasteiger partial charge in [0.15, 0.2) is 0 Å². The van der Waals surface area contributed by atoms with Crippen molar-refractivity contribution in [2.24, 2.45) is 11.3 Å². The minimum Gasteiger partial charge on any atom is -0.354 e. The summed E-state index contributed by atoms with van der Waals surface area (Å²) in [6.07, 6.45) is 3.49. The molecule has 0 radical (unpaired) electrons. The molecule has 1 aromatic heterocycles. The number of aromatic nitrogens is 2. The highest BCUT2D eigenvalue weighted by molar-refractivity contribution is 9.10. The van der Waals surface area contributed by atoms with Crippen molar-refractivity contribution < 1.29 is 0 Å². The van der Waals surface area contributed by atoms with E-state index in [0.29, 0.717) is 17.3 Å². The first kappa shape index (κ1) is 12.4. The van der Waals surface area contributed by atoms with Crippen molar-refractivity contribution in [3.8, 4) is 0 Å². The zero-order valence-corrected chi connectivity index (χ0v) is 11.3. The molecule has 0 aliphatic heterocycles. The Morgan fingerprint density at radius 2 is 1.87 bits per heavy atom. The predicted molar refractivity (Wildman–Crippen MR) is 66.8 cm³/mol. The van der Waals surface area contributed by atoms with E-state index in [1.165, 1.54) is 0 Å². The molecule has 1 atom stereocenters. The third kappa shape index (κ3) is 4.16. The van der Waals surface area contributed by atoms with E-state index < -0.39 is 0 Å². The molecular weight excluding hydrogens is 254 g/mol. The summed E-state index contributed by atoms with van der Waals surface area (Å²) in [5.74, 6) is 1.26. The van der Waals surface area contributed by atoms with Gasteiger partial charge in [-0.25, -0.2) is 9.97 Å². The van der Waals surface area contributed by atoms with Crippen molar-refractivity contribution in [2.45, 2.75) is 27.7 Å². The van der Waals surface area contributed by atoms with Crippen LogP contribution >= 0.6 is 15.9 Å². The Labute approximate surface area is 99.8 Å². The van der Waals surface area contributed by atoms with Crippen LogP contribution in [0.1, 0.15) is 27.7 Å². The molecule has 0 aromatic carbocycles. The normalized spacial score (nSPS) is 13.7. The Hall–Kier alpha value is -0.640. The minimum atomic E-state index is 0.308. The Bertz CT molecular complexity index is 303. The summed E-state index contributed by atoms with van der Waals surface area (Å²) >= 11 is 3.30. The Morgan fingerprint density at radius 3 is 2.33 bits per heavy atom. The van der Waals surface area contributed by atoms with Crippen LogP contribution in [-0.2, 0) is 0 Å². The monoisotopic (exact) mass is 271 g/mol. The van der Waals surface area contributed by atoms with Crippen LogP contribution in [0.3, 0.4) is 0 Å². The predicted octanol–water partition coefficient (Wildman–Crippen LogP) is 3.33. The van der Waals surface area contributed by atoms with Crippen LogP contribution in [0.15, 0.2) is 16.9 Å². The zero-order chi connectivity index (χ0) is 11.5. The average molecular weight is 272 g/mol. The standard InChI is InChI=1S/C11H18BrN3/c1-8(11(2,3)4)5-13-10-14-6-9(12)7-15-10/h6-8H,5H2,1-4H3,(H,13,14,15). The van der Waals surface area contributed by atoms with Gasteiger partial charge in [0.1, 0.15) is 0 Å². The molecule has 0 spiro atoms. The fourth-order valence-corrected chi connectivity index (χ4v) is 1.16. The second-order valence-electron chi connectivity index (χ2n) is 4.87. The Morgan fingerprint density at radius 1 is 1.33 bits per heavy atom. The van der Waals surface area contributed by atoms with E-state index in [1.54, 1.807) is 12.4 Å². The van der Waals surface area contributed by atoms with Crippen molar-refractivity contribution in [1.82, 2.24) is 9.97 Å². The zero-order valence-electron chi connectivity index (χ0n) is 9.71. The molecule has 1 rings (SSSR count). The number of rotatable bonds is 3. The molecule has 0 saturated carbocycles. The summed E-state index contributed by atoms with van der Waals surface area (Å²) in [6.45, 7) is 9.84. The topological polar surface area (TPSA) is 37.8 Å². The van der Waals surface area contributed by atoms with Gasteiger partial charge in [-0.3, -0.25) is 0 Å². The Balaban J connectivity index is 2.47. The van der Waals surface area contributed by atoms with Crippen LogP contribution in [-0.4, -0.2) is 16.5 Å². The lowest BCUT2D eigenvalue weighted by molar-refractivity contribution is 0.274. The third-order valence-corrected chi connectivity index (χ3v) is 3.07. The molecule has 1 N–H and O–H groups in total. The lowest BCUT2D eigenvalue weighted by Crippen LogP contribution is -2.25. The maximum absolute atomic E-state index is 4.16. The molecule has 0 bridgehead atoms. The molecule has 1 heterocycles. The van der Waals surface area contributed by atoms with E-state index in [1.807, 2.05) is 0 Å². The summed E-state index contributed by atoms with van der Waals surface area (Å²) in [6, 6.07) is 0. The summed E-state index contributed by atoms with van der Waals surface area (Å²) in [5, 5.41) is 3.24. The highest BCUT2D eigenvalue weighted by Crippen LogP contribution is 2.25. The Kier molecular flexibility index (Phi) is 4.08. The van der Waals surface area contributed by atoms with Crippen molar-refractivity contribution in [3.05, 3.63) is 16.9 Å². The van der Waals surface area contributed by atoms with Crippen molar-refractivity contribution in [3.63, 3.8) is 0 Å².